The third-order valence-electron chi connectivity index (χ3n) is 3.19. The van der Waals surface area contributed by atoms with Crippen molar-refractivity contribution in [1.82, 2.24) is 0 Å². The molecule has 1 heterocycles. The molecule has 2 rings (SSSR count). The van der Waals surface area contributed by atoms with Gasteiger partial charge in [-0.15, -0.1) is 11.6 Å². The Labute approximate surface area is 113 Å². The molecule has 0 atom stereocenters. The van der Waals surface area contributed by atoms with E-state index in [1.54, 1.807) is 0 Å². The lowest BCUT2D eigenvalue weighted by Crippen LogP contribution is -2.29. The molecule has 1 aliphatic rings. The summed E-state index contributed by atoms with van der Waals surface area (Å²) in [5.74, 6) is 0.327. The van der Waals surface area contributed by atoms with E-state index in [1.165, 1.54) is 24.9 Å². The summed E-state index contributed by atoms with van der Waals surface area (Å²) in [5.41, 5.74) is 2.08. The fraction of sp³-hybridized carbons (Fsp3) is 0.500. The summed E-state index contributed by atoms with van der Waals surface area (Å²) in [5, 5.41) is 2.83. The lowest BCUT2D eigenvalue weighted by Gasteiger charge is -2.28. The second kappa shape index (κ2) is 6.64. The van der Waals surface area contributed by atoms with Gasteiger partial charge in [-0.3, -0.25) is 4.79 Å². The highest BCUT2D eigenvalue weighted by atomic mass is 35.5. The van der Waals surface area contributed by atoms with E-state index in [0.29, 0.717) is 12.3 Å². The van der Waals surface area contributed by atoms with Gasteiger partial charge in [0, 0.05) is 36.8 Å². The maximum Gasteiger partial charge on any atom is 0.225 e. The molecule has 0 aliphatic carbocycles. The molecule has 0 radical (unpaired) electrons. The van der Waals surface area contributed by atoms with Crippen molar-refractivity contribution < 1.29 is 4.79 Å². The molecule has 1 aliphatic heterocycles. The molecule has 98 valence electrons. The Kier molecular flexibility index (Phi) is 4.88. The number of halogens is 1. The molecule has 1 amide bonds. The highest BCUT2D eigenvalue weighted by Crippen LogP contribution is 2.21. The minimum atomic E-state index is -0.0317. The molecule has 0 aromatic heterocycles. The van der Waals surface area contributed by atoms with Crippen LogP contribution in [0.1, 0.15) is 25.7 Å². The number of carbonyl (C=O) groups excluding carboxylic acids is 1. The third-order valence-corrected chi connectivity index (χ3v) is 3.38. The quantitative estimate of drug-likeness (QED) is 0.849. The van der Waals surface area contributed by atoms with E-state index in [2.05, 4.69) is 22.3 Å². The fourth-order valence-corrected chi connectivity index (χ4v) is 2.39. The Morgan fingerprint density at radius 2 is 1.83 bits per heavy atom. The molecule has 1 N–H and O–H groups in total. The van der Waals surface area contributed by atoms with Crippen molar-refractivity contribution in [3.63, 3.8) is 0 Å². The molecule has 4 heteroatoms. The Hall–Kier alpha value is -1.22. The molecular weight excluding hydrogens is 248 g/mol. The van der Waals surface area contributed by atoms with Crippen molar-refractivity contribution in [3.05, 3.63) is 24.3 Å². The highest BCUT2D eigenvalue weighted by Gasteiger charge is 2.10. The summed E-state index contributed by atoms with van der Waals surface area (Å²) in [6.45, 7) is 2.27. The van der Waals surface area contributed by atoms with E-state index < -0.39 is 0 Å². The first-order chi connectivity index (χ1) is 8.79. The number of nitrogens with zero attached hydrogens (tertiary/aromatic N) is 1. The minimum absolute atomic E-state index is 0.0317. The first-order valence-corrected chi connectivity index (χ1v) is 7.04. The molecule has 1 fully saturated rings. The van der Waals surface area contributed by atoms with Gasteiger partial charge in [-0.2, -0.15) is 0 Å². The number of carbonyl (C=O) groups is 1. The van der Waals surface area contributed by atoms with E-state index in [-0.39, 0.29) is 5.91 Å². The molecule has 1 saturated heterocycles. The first kappa shape index (κ1) is 13.2. The van der Waals surface area contributed by atoms with Crippen LogP contribution in [-0.2, 0) is 4.79 Å². The lowest BCUT2D eigenvalue weighted by atomic mass is 10.1. The van der Waals surface area contributed by atoms with Gasteiger partial charge in [-0.25, -0.2) is 0 Å². The smallest absolute Gasteiger partial charge is 0.225 e. The van der Waals surface area contributed by atoms with E-state index in [4.69, 9.17) is 11.6 Å². The number of hydrogen-bond donors (Lipinski definition) is 1. The van der Waals surface area contributed by atoms with Crippen LogP contribution in [0, 0.1) is 0 Å². The van der Waals surface area contributed by atoms with E-state index in [1.807, 2.05) is 12.1 Å². The zero-order valence-electron chi connectivity index (χ0n) is 10.5. The molecular formula is C14H19ClN2O. The Balaban J connectivity index is 1.94. The maximum absolute atomic E-state index is 11.4. The van der Waals surface area contributed by atoms with E-state index in [0.717, 1.165) is 18.8 Å². The van der Waals surface area contributed by atoms with Gasteiger partial charge < -0.3 is 10.2 Å². The largest absolute Gasteiger partial charge is 0.372 e. The number of rotatable bonds is 4. The van der Waals surface area contributed by atoms with Crippen molar-refractivity contribution in [2.75, 3.05) is 29.2 Å². The van der Waals surface area contributed by atoms with Crippen molar-refractivity contribution in [1.29, 1.82) is 0 Å². The van der Waals surface area contributed by atoms with Crippen molar-refractivity contribution in [2.24, 2.45) is 0 Å². The van der Waals surface area contributed by atoms with Crippen LogP contribution in [0.2, 0.25) is 0 Å². The number of amides is 1. The lowest BCUT2D eigenvalue weighted by molar-refractivity contribution is -0.115. The van der Waals surface area contributed by atoms with Gasteiger partial charge in [0.2, 0.25) is 5.91 Å². The third kappa shape index (κ3) is 3.64. The molecule has 0 bridgehead atoms. The molecule has 1 aromatic rings. The average Bonchev–Trinajstić information content (AvgIpc) is 2.41. The maximum atomic E-state index is 11.4. The van der Waals surface area contributed by atoms with Crippen molar-refractivity contribution >= 4 is 28.9 Å². The average molecular weight is 267 g/mol. The van der Waals surface area contributed by atoms with Gasteiger partial charge in [-0.1, -0.05) is 0 Å². The topological polar surface area (TPSA) is 32.3 Å². The van der Waals surface area contributed by atoms with Crippen LogP contribution in [0.5, 0.6) is 0 Å². The molecule has 3 nitrogen and oxygen atoms in total. The van der Waals surface area contributed by atoms with Crippen LogP contribution >= 0.6 is 11.6 Å². The van der Waals surface area contributed by atoms with E-state index >= 15 is 0 Å². The van der Waals surface area contributed by atoms with Gasteiger partial charge in [0.05, 0.1) is 0 Å². The summed E-state index contributed by atoms with van der Waals surface area (Å²) < 4.78 is 0. The zero-order chi connectivity index (χ0) is 12.8. The number of alkyl halides is 1. The van der Waals surface area contributed by atoms with Gasteiger partial charge in [-0.05, 0) is 43.5 Å². The van der Waals surface area contributed by atoms with Crippen molar-refractivity contribution in [3.8, 4) is 0 Å². The SMILES string of the molecule is O=C(CCCl)Nc1ccc(N2CCCCC2)cc1. The van der Waals surface area contributed by atoms with Gasteiger partial charge >= 0.3 is 0 Å². The monoisotopic (exact) mass is 266 g/mol. The summed E-state index contributed by atoms with van der Waals surface area (Å²) in [6.07, 6.45) is 4.24. The summed E-state index contributed by atoms with van der Waals surface area (Å²) in [4.78, 5) is 13.8. The number of hydrogen-bond acceptors (Lipinski definition) is 2. The predicted octanol–water partition coefficient (Wildman–Crippen LogP) is 3.24. The second-order valence-electron chi connectivity index (χ2n) is 4.58. The Bertz CT molecular complexity index is 385. The minimum Gasteiger partial charge on any atom is -0.372 e. The molecule has 0 spiro atoms. The van der Waals surface area contributed by atoms with Crippen LogP contribution in [0.3, 0.4) is 0 Å². The molecule has 1 aromatic carbocycles. The molecule has 0 saturated carbocycles. The second-order valence-corrected chi connectivity index (χ2v) is 4.96. The van der Waals surface area contributed by atoms with Crippen LogP contribution < -0.4 is 10.2 Å². The van der Waals surface area contributed by atoms with E-state index in [9.17, 15) is 4.79 Å². The fourth-order valence-electron chi connectivity index (χ4n) is 2.22. The summed E-state index contributed by atoms with van der Waals surface area (Å²) in [6, 6.07) is 8.05. The van der Waals surface area contributed by atoms with Crippen LogP contribution in [-0.4, -0.2) is 24.9 Å². The van der Waals surface area contributed by atoms with Crippen LogP contribution in [0.25, 0.3) is 0 Å². The molecule has 18 heavy (non-hydrogen) atoms. The number of piperidine rings is 1. The van der Waals surface area contributed by atoms with Gasteiger partial charge in [0.1, 0.15) is 0 Å². The summed E-state index contributed by atoms with van der Waals surface area (Å²) >= 11 is 5.52. The van der Waals surface area contributed by atoms with Crippen molar-refractivity contribution in [2.45, 2.75) is 25.7 Å². The van der Waals surface area contributed by atoms with Crippen LogP contribution in [0.15, 0.2) is 24.3 Å². The zero-order valence-corrected chi connectivity index (χ0v) is 11.2. The summed E-state index contributed by atoms with van der Waals surface area (Å²) in [7, 11) is 0. The Morgan fingerprint density at radius 1 is 1.17 bits per heavy atom. The van der Waals surface area contributed by atoms with Gasteiger partial charge in [0.15, 0.2) is 0 Å². The predicted molar refractivity (Wildman–Crippen MR) is 76.5 cm³/mol. The standard InChI is InChI=1S/C14H19ClN2O/c15-9-8-14(18)16-12-4-6-13(7-5-12)17-10-2-1-3-11-17/h4-7H,1-3,8-11H2,(H,16,18). The molecule has 0 unspecified atom stereocenters. The number of anilines is 2. The number of benzene rings is 1. The Morgan fingerprint density at radius 3 is 2.44 bits per heavy atom. The highest BCUT2D eigenvalue weighted by molar-refractivity contribution is 6.19. The first-order valence-electron chi connectivity index (χ1n) is 6.50. The normalized spacial score (nSPS) is 15.5. The van der Waals surface area contributed by atoms with Crippen LogP contribution in [0.4, 0.5) is 11.4 Å². The van der Waals surface area contributed by atoms with Gasteiger partial charge in [0.25, 0.3) is 0 Å². The number of nitrogens with one attached hydrogen (secondary N) is 1.